The molecule has 1 fully saturated rings. The summed E-state index contributed by atoms with van der Waals surface area (Å²) < 4.78 is 5.14. The van der Waals surface area contributed by atoms with Crippen LogP contribution >= 0.6 is 0 Å². The van der Waals surface area contributed by atoms with Crippen LogP contribution in [0.2, 0.25) is 0 Å². The van der Waals surface area contributed by atoms with Crippen LogP contribution in [0, 0.1) is 5.92 Å². The van der Waals surface area contributed by atoms with Gasteiger partial charge in [-0.2, -0.15) is 0 Å². The van der Waals surface area contributed by atoms with Crippen molar-refractivity contribution in [1.29, 1.82) is 0 Å². The largest absolute Gasteiger partial charge is 0.495 e. The van der Waals surface area contributed by atoms with Crippen LogP contribution in [0.1, 0.15) is 12.0 Å². The van der Waals surface area contributed by atoms with E-state index in [-0.39, 0.29) is 0 Å². The van der Waals surface area contributed by atoms with Crippen molar-refractivity contribution in [1.82, 2.24) is 10.3 Å². The summed E-state index contributed by atoms with van der Waals surface area (Å²) in [5.41, 5.74) is 1.28. The average Bonchev–Trinajstić information content (AvgIpc) is 2.71. The first kappa shape index (κ1) is 9.46. The first-order valence-electron chi connectivity index (χ1n) is 5.07. The van der Waals surface area contributed by atoms with Gasteiger partial charge in [0.1, 0.15) is 5.75 Å². The van der Waals surface area contributed by atoms with Crippen LogP contribution in [0.3, 0.4) is 0 Å². The van der Waals surface area contributed by atoms with Gasteiger partial charge in [0, 0.05) is 6.20 Å². The second-order valence-electron chi connectivity index (χ2n) is 3.80. The molecule has 1 N–H and O–H groups in total. The Labute approximate surface area is 84.5 Å². The van der Waals surface area contributed by atoms with E-state index >= 15 is 0 Å². The van der Waals surface area contributed by atoms with Gasteiger partial charge in [-0.05, 0) is 43.5 Å². The number of ether oxygens (including phenoxy) is 1. The minimum absolute atomic E-state index is 0.768. The Morgan fingerprint density at radius 1 is 1.57 bits per heavy atom. The molecule has 1 atom stereocenters. The van der Waals surface area contributed by atoms with Crippen molar-refractivity contribution >= 4 is 0 Å². The van der Waals surface area contributed by atoms with Crippen molar-refractivity contribution in [3.8, 4) is 5.75 Å². The van der Waals surface area contributed by atoms with Crippen molar-refractivity contribution in [3.63, 3.8) is 0 Å². The summed E-state index contributed by atoms with van der Waals surface area (Å²) in [5, 5.41) is 3.37. The van der Waals surface area contributed by atoms with E-state index in [2.05, 4.69) is 16.4 Å². The van der Waals surface area contributed by atoms with E-state index < -0.39 is 0 Å². The van der Waals surface area contributed by atoms with Gasteiger partial charge in [0.05, 0.1) is 13.3 Å². The van der Waals surface area contributed by atoms with Crippen LogP contribution in [0.25, 0.3) is 0 Å². The molecular formula is C11H16N2O. The molecule has 2 rings (SSSR count). The molecule has 76 valence electrons. The summed E-state index contributed by atoms with van der Waals surface area (Å²) in [4.78, 5) is 4.15. The molecular weight excluding hydrogens is 176 g/mol. The number of hydrogen-bond donors (Lipinski definition) is 1. The lowest BCUT2D eigenvalue weighted by Gasteiger charge is -2.08. The Hall–Kier alpha value is -1.09. The highest BCUT2D eigenvalue weighted by atomic mass is 16.5. The molecule has 0 radical (unpaired) electrons. The molecule has 0 bridgehead atoms. The molecule has 0 aliphatic carbocycles. The van der Waals surface area contributed by atoms with Gasteiger partial charge >= 0.3 is 0 Å². The van der Waals surface area contributed by atoms with E-state index in [1.807, 2.05) is 6.20 Å². The van der Waals surface area contributed by atoms with Crippen molar-refractivity contribution in [2.75, 3.05) is 20.2 Å². The summed E-state index contributed by atoms with van der Waals surface area (Å²) >= 11 is 0. The first-order valence-corrected chi connectivity index (χ1v) is 5.07. The number of methoxy groups -OCH3 is 1. The molecule has 1 aliphatic heterocycles. The molecule has 0 spiro atoms. The molecule has 1 aromatic heterocycles. The fourth-order valence-electron chi connectivity index (χ4n) is 1.91. The Bertz CT molecular complexity index is 295. The zero-order valence-corrected chi connectivity index (χ0v) is 8.49. The topological polar surface area (TPSA) is 34.1 Å². The van der Waals surface area contributed by atoms with E-state index in [0.29, 0.717) is 0 Å². The monoisotopic (exact) mass is 192 g/mol. The Morgan fingerprint density at radius 2 is 2.50 bits per heavy atom. The molecule has 0 saturated carbocycles. The summed E-state index contributed by atoms with van der Waals surface area (Å²) in [6.45, 7) is 2.29. The number of rotatable bonds is 3. The highest BCUT2D eigenvalue weighted by Crippen LogP contribution is 2.17. The van der Waals surface area contributed by atoms with Gasteiger partial charge < -0.3 is 10.1 Å². The second-order valence-corrected chi connectivity index (χ2v) is 3.80. The maximum absolute atomic E-state index is 5.14. The lowest BCUT2D eigenvalue weighted by molar-refractivity contribution is 0.411. The summed E-state index contributed by atoms with van der Waals surface area (Å²) in [5.74, 6) is 1.62. The van der Waals surface area contributed by atoms with Crippen LogP contribution in [0.5, 0.6) is 5.75 Å². The van der Waals surface area contributed by atoms with Crippen molar-refractivity contribution < 1.29 is 4.74 Å². The summed E-state index contributed by atoms with van der Waals surface area (Å²) in [6.07, 6.45) is 6.06. The number of pyridine rings is 1. The average molecular weight is 192 g/mol. The molecule has 1 saturated heterocycles. The molecule has 0 unspecified atom stereocenters. The minimum atomic E-state index is 0.768. The minimum Gasteiger partial charge on any atom is -0.495 e. The number of hydrogen-bond acceptors (Lipinski definition) is 3. The van der Waals surface area contributed by atoms with Crippen LogP contribution < -0.4 is 10.1 Å². The van der Waals surface area contributed by atoms with Gasteiger partial charge in [0.25, 0.3) is 0 Å². The summed E-state index contributed by atoms with van der Waals surface area (Å²) in [6, 6.07) is 2.07. The van der Waals surface area contributed by atoms with Gasteiger partial charge in [-0.3, -0.25) is 4.98 Å². The maximum Gasteiger partial charge on any atom is 0.137 e. The third-order valence-corrected chi connectivity index (χ3v) is 2.69. The SMILES string of the molecule is COc1cncc(C[C@H]2CCNC2)c1. The molecule has 3 nitrogen and oxygen atoms in total. The lowest BCUT2D eigenvalue weighted by atomic mass is 10.00. The predicted octanol–water partition coefficient (Wildman–Crippen LogP) is 1.24. The molecule has 3 heteroatoms. The van der Waals surface area contributed by atoms with E-state index in [4.69, 9.17) is 4.74 Å². The highest BCUT2D eigenvalue weighted by Gasteiger charge is 2.14. The van der Waals surface area contributed by atoms with Gasteiger partial charge in [0.15, 0.2) is 0 Å². The Kier molecular flexibility index (Phi) is 2.99. The molecule has 0 aromatic carbocycles. The zero-order valence-electron chi connectivity index (χ0n) is 8.49. The van der Waals surface area contributed by atoms with Gasteiger partial charge in [0.2, 0.25) is 0 Å². The highest BCUT2D eigenvalue weighted by molar-refractivity contribution is 5.23. The van der Waals surface area contributed by atoms with Gasteiger partial charge in [-0.15, -0.1) is 0 Å². The van der Waals surface area contributed by atoms with Gasteiger partial charge in [-0.25, -0.2) is 0 Å². The van der Waals surface area contributed by atoms with Crippen molar-refractivity contribution in [2.45, 2.75) is 12.8 Å². The molecule has 1 aliphatic rings. The third kappa shape index (κ3) is 2.23. The Balaban J connectivity index is 2.00. The third-order valence-electron chi connectivity index (χ3n) is 2.69. The fraction of sp³-hybridized carbons (Fsp3) is 0.545. The molecule has 0 amide bonds. The Morgan fingerprint density at radius 3 is 3.21 bits per heavy atom. The van der Waals surface area contributed by atoms with E-state index in [9.17, 15) is 0 Å². The van der Waals surface area contributed by atoms with Crippen LogP contribution in [-0.2, 0) is 6.42 Å². The van der Waals surface area contributed by atoms with E-state index in [1.54, 1.807) is 13.3 Å². The maximum atomic E-state index is 5.14. The first-order chi connectivity index (χ1) is 6.88. The second kappa shape index (κ2) is 4.42. The summed E-state index contributed by atoms with van der Waals surface area (Å²) in [7, 11) is 1.68. The standard InChI is InChI=1S/C11H16N2O/c1-14-11-5-10(7-13-8-11)4-9-2-3-12-6-9/h5,7-9,12H,2-4,6H2,1H3/t9-/m1/s1. The molecule has 2 heterocycles. The number of nitrogens with one attached hydrogen (secondary N) is 1. The van der Waals surface area contributed by atoms with Crippen LogP contribution in [0.4, 0.5) is 0 Å². The fourth-order valence-corrected chi connectivity index (χ4v) is 1.91. The molecule has 14 heavy (non-hydrogen) atoms. The normalized spacial score (nSPS) is 21.1. The zero-order chi connectivity index (χ0) is 9.80. The van der Waals surface area contributed by atoms with Crippen molar-refractivity contribution in [3.05, 3.63) is 24.0 Å². The smallest absolute Gasteiger partial charge is 0.137 e. The van der Waals surface area contributed by atoms with Gasteiger partial charge in [-0.1, -0.05) is 0 Å². The van der Waals surface area contributed by atoms with Crippen LogP contribution in [-0.4, -0.2) is 25.2 Å². The van der Waals surface area contributed by atoms with E-state index in [1.165, 1.54) is 12.0 Å². The molecule has 1 aromatic rings. The quantitative estimate of drug-likeness (QED) is 0.782. The van der Waals surface area contributed by atoms with E-state index in [0.717, 1.165) is 31.2 Å². The van der Waals surface area contributed by atoms with Crippen molar-refractivity contribution in [2.24, 2.45) is 5.92 Å². The lowest BCUT2D eigenvalue weighted by Crippen LogP contribution is -2.10. The number of nitrogens with zero attached hydrogens (tertiary/aromatic N) is 1. The van der Waals surface area contributed by atoms with Crippen LogP contribution in [0.15, 0.2) is 18.5 Å². The number of aromatic nitrogens is 1. The predicted molar refractivity (Wildman–Crippen MR) is 55.5 cm³/mol.